The molecule has 3 rings (SSSR count). The van der Waals surface area contributed by atoms with Crippen molar-refractivity contribution in [3.63, 3.8) is 0 Å². The van der Waals surface area contributed by atoms with Gasteiger partial charge in [0.15, 0.2) is 0 Å². The predicted octanol–water partition coefficient (Wildman–Crippen LogP) is 1.88. The van der Waals surface area contributed by atoms with Crippen LogP contribution < -0.4 is 10.1 Å². The Morgan fingerprint density at radius 2 is 1.83 bits per heavy atom. The third-order valence-electron chi connectivity index (χ3n) is 4.92. The fourth-order valence-corrected chi connectivity index (χ4v) is 3.76. The van der Waals surface area contributed by atoms with Crippen molar-refractivity contribution in [2.75, 3.05) is 13.7 Å². The van der Waals surface area contributed by atoms with Crippen LogP contribution in [-0.2, 0) is 16.0 Å². The Bertz CT molecular complexity index is 622. The van der Waals surface area contributed by atoms with Crippen LogP contribution in [0.4, 0.5) is 0 Å². The number of nitrogens with one attached hydrogen (secondary N) is 1. The molecule has 23 heavy (non-hydrogen) atoms. The Morgan fingerprint density at radius 1 is 1.17 bits per heavy atom. The van der Waals surface area contributed by atoms with Crippen LogP contribution in [0.25, 0.3) is 0 Å². The van der Waals surface area contributed by atoms with Crippen LogP contribution in [0, 0.1) is 23.7 Å². The van der Waals surface area contributed by atoms with Crippen molar-refractivity contribution in [1.29, 1.82) is 0 Å². The fourth-order valence-electron chi connectivity index (χ4n) is 3.76. The third kappa shape index (κ3) is 3.09. The molecule has 1 aromatic rings. The molecule has 122 valence electrons. The van der Waals surface area contributed by atoms with Gasteiger partial charge in [-0.3, -0.25) is 9.59 Å². The Balaban J connectivity index is 1.54. The largest absolute Gasteiger partial charge is 0.497 e. The molecular formula is C18H21NO4. The van der Waals surface area contributed by atoms with E-state index in [9.17, 15) is 14.7 Å². The van der Waals surface area contributed by atoms with Gasteiger partial charge in [-0.25, -0.2) is 0 Å². The minimum atomic E-state index is -0.864. The maximum Gasteiger partial charge on any atom is 0.307 e. The number of ether oxygens (including phenoxy) is 1. The van der Waals surface area contributed by atoms with Gasteiger partial charge in [-0.15, -0.1) is 0 Å². The molecule has 0 aliphatic heterocycles. The number of hydrogen-bond acceptors (Lipinski definition) is 3. The van der Waals surface area contributed by atoms with Crippen LogP contribution in [-0.4, -0.2) is 30.6 Å². The second kappa shape index (κ2) is 6.44. The van der Waals surface area contributed by atoms with Crippen molar-refractivity contribution < 1.29 is 19.4 Å². The highest BCUT2D eigenvalue weighted by Crippen LogP contribution is 2.48. The van der Waals surface area contributed by atoms with Gasteiger partial charge in [-0.05, 0) is 42.4 Å². The zero-order valence-corrected chi connectivity index (χ0v) is 13.1. The number of amides is 1. The number of fused-ring (bicyclic) bond motifs is 2. The van der Waals surface area contributed by atoms with E-state index in [1.807, 2.05) is 36.4 Å². The molecule has 1 amide bonds. The predicted molar refractivity (Wildman–Crippen MR) is 85.1 cm³/mol. The second-order valence-electron chi connectivity index (χ2n) is 6.23. The summed E-state index contributed by atoms with van der Waals surface area (Å²) in [7, 11) is 1.62. The van der Waals surface area contributed by atoms with E-state index >= 15 is 0 Å². The van der Waals surface area contributed by atoms with E-state index in [2.05, 4.69) is 5.32 Å². The fraction of sp³-hybridized carbons (Fsp3) is 0.444. The Labute approximate surface area is 135 Å². The number of carbonyl (C=O) groups is 2. The first-order valence-corrected chi connectivity index (χ1v) is 7.92. The number of allylic oxidation sites excluding steroid dienone is 2. The van der Waals surface area contributed by atoms with Crippen molar-refractivity contribution in [1.82, 2.24) is 5.32 Å². The molecule has 2 aliphatic carbocycles. The van der Waals surface area contributed by atoms with Crippen molar-refractivity contribution in [2.45, 2.75) is 12.8 Å². The van der Waals surface area contributed by atoms with Crippen LogP contribution in [0.2, 0.25) is 0 Å². The Morgan fingerprint density at radius 3 is 2.43 bits per heavy atom. The van der Waals surface area contributed by atoms with Crippen molar-refractivity contribution in [2.24, 2.45) is 23.7 Å². The normalized spacial score (nSPS) is 27.9. The topological polar surface area (TPSA) is 75.6 Å². The first-order valence-electron chi connectivity index (χ1n) is 7.92. The van der Waals surface area contributed by atoms with Gasteiger partial charge in [-0.2, -0.15) is 0 Å². The lowest BCUT2D eigenvalue weighted by Crippen LogP contribution is -2.40. The molecule has 0 spiro atoms. The first-order chi connectivity index (χ1) is 11.1. The highest BCUT2D eigenvalue weighted by atomic mass is 16.5. The van der Waals surface area contributed by atoms with Gasteiger partial charge >= 0.3 is 5.97 Å². The lowest BCUT2D eigenvalue weighted by Gasteiger charge is -2.23. The molecule has 1 fully saturated rings. The standard InChI is InChI=1S/C18H21NO4/c1-23-14-6-2-11(3-7-14)8-9-19-17(20)15-12-4-5-13(10-12)16(15)18(21)22/h2-7,12-13,15-16H,8-10H2,1H3,(H,19,20)(H,21,22)/t12-,13-,15+,16-/m0/s1. The van der Waals surface area contributed by atoms with E-state index in [0.717, 1.165) is 17.7 Å². The molecule has 2 aliphatic rings. The zero-order valence-electron chi connectivity index (χ0n) is 13.1. The molecule has 0 aromatic heterocycles. The number of rotatable bonds is 6. The summed E-state index contributed by atoms with van der Waals surface area (Å²) in [6.07, 6.45) is 5.44. The molecule has 0 unspecified atom stereocenters. The smallest absolute Gasteiger partial charge is 0.307 e. The van der Waals surface area contributed by atoms with Crippen LogP contribution in [0.15, 0.2) is 36.4 Å². The minimum absolute atomic E-state index is 0.00911. The van der Waals surface area contributed by atoms with Crippen LogP contribution in [0.5, 0.6) is 5.75 Å². The van der Waals surface area contributed by atoms with E-state index in [0.29, 0.717) is 13.0 Å². The van der Waals surface area contributed by atoms with Crippen LogP contribution in [0.3, 0.4) is 0 Å². The molecule has 0 radical (unpaired) electrons. The molecule has 1 aromatic carbocycles. The molecular weight excluding hydrogens is 294 g/mol. The van der Waals surface area contributed by atoms with Gasteiger partial charge in [0, 0.05) is 6.54 Å². The van der Waals surface area contributed by atoms with Gasteiger partial charge in [0.2, 0.25) is 5.91 Å². The van der Waals surface area contributed by atoms with E-state index in [4.69, 9.17) is 4.74 Å². The molecule has 2 N–H and O–H groups in total. The van der Waals surface area contributed by atoms with Gasteiger partial charge in [0.1, 0.15) is 5.75 Å². The molecule has 1 saturated carbocycles. The van der Waals surface area contributed by atoms with Gasteiger partial charge in [-0.1, -0.05) is 24.3 Å². The monoisotopic (exact) mass is 315 g/mol. The maximum absolute atomic E-state index is 12.4. The van der Waals surface area contributed by atoms with Gasteiger partial charge in [0.05, 0.1) is 18.9 Å². The lowest BCUT2D eigenvalue weighted by molar-refractivity contribution is -0.147. The molecule has 2 bridgehead atoms. The number of methoxy groups -OCH3 is 1. The molecule has 5 heteroatoms. The van der Waals surface area contributed by atoms with E-state index in [1.54, 1.807) is 7.11 Å². The number of aliphatic carboxylic acids is 1. The van der Waals surface area contributed by atoms with E-state index < -0.39 is 17.8 Å². The molecule has 4 atom stereocenters. The minimum Gasteiger partial charge on any atom is -0.497 e. The summed E-state index contributed by atoms with van der Waals surface area (Å²) in [4.78, 5) is 23.8. The highest BCUT2D eigenvalue weighted by Gasteiger charge is 2.51. The second-order valence-corrected chi connectivity index (χ2v) is 6.23. The number of carbonyl (C=O) groups excluding carboxylic acids is 1. The number of carboxylic acids is 1. The lowest BCUT2D eigenvalue weighted by atomic mass is 9.82. The first kappa shape index (κ1) is 15.6. The van der Waals surface area contributed by atoms with Crippen molar-refractivity contribution in [3.05, 3.63) is 42.0 Å². The van der Waals surface area contributed by atoms with Crippen molar-refractivity contribution >= 4 is 11.9 Å². The zero-order chi connectivity index (χ0) is 16.4. The van der Waals surface area contributed by atoms with Crippen molar-refractivity contribution in [3.8, 4) is 5.75 Å². The average Bonchev–Trinajstić information content (AvgIpc) is 3.16. The summed E-state index contributed by atoms with van der Waals surface area (Å²) < 4.78 is 5.11. The average molecular weight is 315 g/mol. The summed E-state index contributed by atoms with van der Waals surface area (Å²) >= 11 is 0. The summed E-state index contributed by atoms with van der Waals surface area (Å²) in [5, 5.41) is 12.3. The third-order valence-corrected chi connectivity index (χ3v) is 4.92. The quantitative estimate of drug-likeness (QED) is 0.786. The molecule has 5 nitrogen and oxygen atoms in total. The van der Waals surface area contributed by atoms with E-state index in [1.165, 1.54) is 0 Å². The summed E-state index contributed by atoms with van der Waals surface area (Å²) in [5.74, 6) is -1.13. The molecule has 0 saturated heterocycles. The summed E-state index contributed by atoms with van der Waals surface area (Å²) in [6.45, 7) is 0.509. The SMILES string of the molecule is COc1ccc(CCNC(=O)[C@H]2[C@@H](C(=O)O)[C@H]3C=C[C@H]2C3)cc1. The number of benzene rings is 1. The summed E-state index contributed by atoms with van der Waals surface area (Å²) in [6, 6.07) is 7.70. The van der Waals surface area contributed by atoms with Gasteiger partial charge < -0.3 is 15.2 Å². The number of carboxylic acid groups (broad SMARTS) is 1. The Hall–Kier alpha value is -2.30. The highest BCUT2D eigenvalue weighted by molar-refractivity contribution is 5.86. The Kier molecular flexibility index (Phi) is 4.37. The molecule has 0 heterocycles. The van der Waals surface area contributed by atoms with Crippen LogP contribution >= 0.6 is 0 Å². The number of hydrogen-bond donors (Lipinski definition) is 2. The van der Waals surface area contributed by atoms with Crippen LogP contribution in [0.1, 0.15) is 12.0 Å². The van der Waals surface area contributed by atoms with Gasteiger partial charge in [0.25, 0.3) is 0 Å². The van der Waals surface area contributed by atoms with E-state index in [-0.39, 0.29) is 17.7 Å². The summed E-state index contributed by atoms with van der Waals surface area (Å²) in [5.41, 5.74) is 1.11. The maximum atomic E-state index is 12.4.